The number of nitrogens with zero attached hydrogens (tertiary/aromatic N) is 2. The van der Waals surface area contributed by atoms with E-state index in [0.717, 1.165) is 13.1 Å². The molecule has 2 rings (SSSR count). The summed E-state index contributed by atoms with van der Waals surface area (Å²) in [5.41, 5.74) is -0.129. The Morgan fingerprint density at radius 2 is 2.00 bits per heavy atom. The third-order valence-electron chi connectivity index (χ3n) is 2.88. The summed E-state index contributed by atoms with van der Waals surface area (Å²) in [6.07, 6.45) is 0. The van der Waals surface area contributed by atoms with Gasteiger partial charge >= 0.3 is 5.69 Å². The zero-order valence-electron chi connectivity index (χ0n) is 10.8. The van der Waals surface area contributed by atoms with E-state index in [2.05, 4.69) is 5.32 Å². The summed E-state index contributed by atoms with van der Waals surface area (Å²) in [6, 6.07) is 6.04. The Labute approximate surface area is 122 Å². The van der Waals surface area contributed by atoms with Crippen molar-refractivity contribution < 1.29 is 14.5 Å². The average molecular weight is 302 g/mol. The van der Waals surface area contributed by atoms with Crippen molar-refractivity contribution in [1.29, 1.82) is 0 Å². The maximum absolute atomic E-state index is 11.9. The van der Waals surface area contributed by atoms with E-state index in [-0.39, 0.29) is 36.4 Å². The normalized spacial score (nSPS) is 14.3. The number of benzene rings is 1. The molecule has 0 atom stereocenters. The first-order valence-electron chi connectivity index (χ1n) is 6.03. The van der Waals surface area contributed by atoms with Crippen LogP contribution in [0.1, 0.15) is 0 Å². The van der Waals surface area contributed by atoms with Crippen LogP contribution in [-0.2, 0) is 4.79 Å². The molecule has 0 radical (unpaired) electrons. The highest BCUT2D eigenvalue weighted by Gasteiger charge is 2.19. The number of carbonyl (C=O) groups is 1. The van der Waals surface area contributed by atoms with Crippen LogP contribution < -0.4 is 10.1 Å². The van der Waals surface area contributed by atoms with E-state index in [4.69, 9.17) is 4.74 Å². The number of nitro groups is 1. The van der Waals surface area contributed by atoms with Gasteiger partial charge in [-0.2, -0.15) is 0 Å². The number of halogens is 1. The lowest BCUT2D eigenvalue weighted by atomic mass is 10.3. The number of amides is 1. The van der Waals surface area contributed by atoms with Crippen LogP contribution in [0.3, 0.4) is 0 Å². The van der Waals surface area contributed by atoms with Gasteiger partial charge in [0.25, 0.3) is 5.91 Å². The molecule has 0 aromatic heterocycles. The van der Waals surface area contributed by atoms with Crippen LogP contribution >= 0.6 is 12.4 Å². The fourth-order valence-electron chi connectivity index (χ4n) is 1.88. The SMILES string of the molecule is Cl.O=C(COc1ccccc1[N+](=O)[O-])N1CCNCC1. The molecule has 0 aliphatic carbocycles. The van der Waals surface area contributed by atoms with Gasteiger partial charge in [-0.1, -0.05) is 12.1 Å². The van der Waals surface area contributed by atoms with Crippen LogP contribution in [0.2, 0.25) is 0 Å². The minimum absolute atomic E-state index is 0. The van der Waals surface area contributed by atoms with Gasteiger partial charge in [-0.3, -0.25) is 14.9 Å². The van der Waals surface area contributed by atoms with Gasteiger partial charge in [0, 0.05) is 32.2 Å². The minimum atomic E-state index is -0.523. The lowest BCUT2D eigenvalue weighted by molar-refractivity contribution is -0.385. The van der Waals surface area contributed by atoms with Gasteiger partial charge in [-0.15, -0.1) is 12.4 Å². The number of ether oxygens (including phenoxy) is 1. The van der Waals surface area contributed by atoms with Crippen LogP contribution in [0.15, 0.2) is 24.3 Å². The smallest absolute Gasteiger partial charge is 0.310 e. The Balaban J connectivity index is 0.00000200. The van der Waals surface area contributed by atoms with E-state index >= 15 is 0 Å². The number of carbonyl (C=O) groups excluding carboxylic acids is 1. The van der Waals surface area contributed by atoms with Crippen LogP contribution in [-0.4, -0.2) is 48.5 Å². The van der Waals surface area contributed by atoms with Gasteiger partial charge in [-0.05, 0) is 6.07 Å². The van der Waals surface area contributed by atoms with E-state index in [0.29, 0.717) is 13.1 Å². The quantitative estimate of drug-likeness (QED) is 0.657. The zero-order valence-corrected chi connectivity index (χ0v) is 11.6. The fraction of sp³-hybridized carbons (Fsp3) is 0.417. The van der Waals surface area contributed by atoms with E-state index in [9.17, 15) is 14.9 Å². The second kappa shape index (κ2) is 7.66. The Morgan fingerprint density at radius 1 is 1.35 bits per heavy atom. The third kappa shape index (κ3) is 4.07. The molecule has 1 aliphatic heterocycles. The first-order valence-corrected chi connectivity index (χ1v) is 6.03. The summed E-state index contributed by atoms with van der Waals surface area (Å²) >= 11 is 0. The molecule has 110 valence electrons. The highest BCUT2D eigenvalue weighted by molar-refractivity contribution is 5.85. The fourth-order valence-corrected chi connectivity index (χ4v) is 1.88. The predicted octanol–water partition coefficient (Wildman–Crippen LogP) is 0.827. The molecule has 20 heavy (non-hydrogen) atoms. The lowest BCUT2D eigenvalue weighted by Crippen LogP contribution is -2.47. The summed E-state index contributed by atoms with van der Waals surface area (Å²) in [4.78, 5) is 23.8. The number of nitro benzene ring substituents is 1. The van der Waals surface area contributed by atoms with Crippen molar-refractivity contribution in [2.45, 2.75) is 0 Å². The van der Waals surface area contributed by atoms with E-state index in [1.807, 2.05) is 0 Å². The maximum atomic E-state index is 11.9. The first kappa shape index (κ1) is 16.2. The van der Waals surface area contributed by atoms with Crippen LogP contribution in [0.4, 0.5) is 5.69 Å². The molecular formula is C12H16ClN3O4. The zero-order chi connectivity index (χ0) is 13.7. The molecule has 1 aliphatic rings. The van der Waals surface area contributed by atoms with Gasteiger partial charge in [0.1, 0.15) is 0 Å². The molecule has 1 aromatic carbocycles. The second-order valence-electron chi connectivity index (χ2n) is 4.14. The second-order valence-corrected chi connectivity index (χ2v) is 4.14. The molecule has 7 nitrogen and oxygen atoms in total. The summed E-state index contributed by atoms with van der Waals surface area (Å²) in [6.45, 7) is 2.62. The Bertz CT molecular complexity index is 478. The Morgan fingerprint density at radius 3 is 2.65 bits per heavy atom. The van der Waals surface area contributed by atoms with Crippen LogP contribution in [0, 0.1) is 10.1 Å². The monoisotopic (exact) mass is 301 g/mol. The van der Waals surface area contributed by atoms with Crippen molar-refractivity contribution in [2.75, 3.05) is 32.8 Å². The number of piperazine rings is 1. The molecule has 0 unspecified atom stereocenters. The van der Waals surface area contributed by atoms with Crippen LogP contribution in [0.5, 0.6) is 5.75 Å². The molecule has 1 fully saturated rings. The highest BCUT2D eigenvalue weighted by Crippen LogP contribution is 2.25. The van der Waals surface area contributed by atoms with Gasteiger partial charge < -0.3 is 15.0 Å². The molecule has 1 aromatic rings. The van der Waals surface area contributed by atoms with Gasteiger partial charge in [0.2, 0.25) is 0 Å². The van der Waals surface area contributed by atoms with Crippen LogP contribution in [0.25, 0.3) is 0 Å². The molecule has 8 heteroatoms. The molecule has 1 N–H and O–H groups in total. The highest BCUT2D eigenvalue weighted by atomic mass is 35.5. The van der Waals surface area contributed by atoms with Crippen molar-refractivity contribution in [3.63, 3.8) is 0 Å². The van der Waals surface area contributed by atoms with E-state index in [1.54, 1.807) is 17.0 Å². The van der Waals surface area contributed by atoms with E-state index < -0.39 is 4.92 Å². The van der Waals surface area contributed by atoms with E-state index in [1.165, 1.54) is 12.1 Å². The third-order valence-corrected chi connectivity index (χ3v) is 2.88. The summed E-state index contributed by atoms with van der Waals surface area (Å²) in [7, 11) is 0. The van der Waals surface area contributed by atoms with Crippen molar-refractivity contribution in [3.05, 3.63) is 34.4 Å². The molecule has 0 saturated carbocycles. The molecule has 1 amide bonds. The summed E-state index contributed by atoms with van der Waals surface area (Å²) in [5.74, 6) is -0.0318. The number of nitrogens with one attached hydrogen (secondary N) is 1. The maximum Gasteiger partial charge on any atom is 0.310 e. The number of para-hydroxylation sites is 2. The molecule has 1 heterocycles. The summed E-state index contributed by atoms with van der Waals surface area (Å²) < 4.78 is 5.26. The number of rotatable bonds is 4. The van der Waals surface area contributed by atoms with Gasteiger partial charge in [-0.25, -0.2) is 0 Å². The Hall–Kier alpha value is -1.86. The molecule has 0 spiro atoms. The average Bonchev–Trinajstić information content (AvgIpc) is 2.46. The largest absolute Gasteiger partial charge is 0.477 e. The van der Waals surface area contributed by atoms with Gasteiger partial charge in [0.15, 0.2) is 12.4 Å². The van der Waals surface area contributed by atoms with Crippen molar-refractivity contribution in [2.24, 2.45) is 0 Å². The number of hydrogen-bond donors (Lipinski definition) is 1. The van der Waals surface area contributed by atoms with Crippen molar-refractivity contribution in [3.8, 4) is 5.75 Å². The summed E-state index contributed by atoms with van der Waals surface area (Å²) in [5, 5.41) is 13.9. The van der Waals surface area contributed by atoms with Crippen molar-refractivity contribution >= 4 is 24.0 Å². The molecule has 0 bridgehead atoms. The molecular weight excluding hydrogens is 286 g/mol. The number of hydrogen-bond acceptors (Lipinski definition) is 5. The standard InChI is InChI=1S/C12H15N3O4.ClH/c16-12(14-7-5-13-6-8-14)9-19-11-4-2-1-3-10(11)15(17)18;/h1-4,13H,5-9H2;1H. The lowest BCUT2D eigenvalue weighted by Gasteiger charge is -2.27. The van der Waals surface area contributed by atoms with Crippen molar-refractivity contribution in [1.82, 2.24) is 10.2 Å². The first-order chi connectivity index (χ1) is 9.18. The predicted molar refractivity (Wildman–Crippen MR) is 75.3 cm³/mol. The Kier molecular flexibility index (Phi) is 6.20. The van der Waals surface area contributed by atoms with Gasteiger partial charge in [0.05, 0.1) is 4.92 Å². The minimum Gasteiger partial charge on any atom is -0.477 e. The molecule has 1 saturated heterocycles. The topological polar surface area (TPSA) is 84.7 Å².